The molecule has 0 aliphatic heterocycles. The van der Waals surface area contributed by atoms with Crippen molar-refractivity contribution in [3.63, 3.8) is 0 Å². The van der Waals surface area contributed by atoms with Crippen molar-refractivity contribution in [2.75, 3.05) is 0 Å². The molecule has 0 unspecified atom stereocenters. The second-order valence-corrected chi connectivity index (χ2v) is 4.36. The second-order valence-electron chi connectivity index (χ2n) is 4.36. The molecule has 84 valence electrons. The number of carbonyl (C=O) groups is 1. The fourth-order valence-corrected chi connectivity index (χ4v) is 2.59. The first-order chi connectivity index (χ1) is 6.44. The Kier molecular flexibility index (Phi) is 4.63. The normalized spacial score (nSPS) is 12.9. The third-order valence-electron chi connectivity index (χ3n) is 4.33. The molecular weight excluding hydrogens is 176 g/mol. The predicted octanol–water partition coefficient (Wildman–Crippen LogP) is 3.70. The van der Waals surface area contributed by atoms with Gasteiger partial charge in [-0.1, -0.05) is 34.6 Å². The summed E-state index contributed by atoms with van der Waals surface area (Å²) in [7, 11) is 0. The zero-order valence-electron chi connectivity index (χ0n) is 10.2. The molecule has 0 spiro atoms. The van der Waals surface area contributed by atoms with Crippen LogP contribution in [-0.2, 0) is 4.79 Å². The zero-order valence-corrected chi connectivity index (χ0v) is 10.2. The van der Waals surface area contributed by atoms with E-state index in [1.165, 1.54) is 0 Å². The topological polar surface area (TPSA) is 37.3 Å². The molecule has 0 radical (unpaired) electrons. The molecule has 0 aromatic rings. The number of hydrogen-bond acceptors (Lipinski definition) is 1. The highest BCUT2D eigenvalue weighted by molar-refractivity contribution is 5.75. The van der Waals surface area contributed by atoms with E-state index in [9.17, 15) is 9.90 Å². The van der Waals surface area contributed by atoms with E-state index in [0.717, 1.165) is 25.7 Å². The van der Waals surface area contributed by atoms with Crippen LogP contribution in [-0.4, -0.2) is 11.1 Å². The van der Waals surface area contributed by atoms with Gasteiger partial charge in [-0.15, -0.1) is 0 Å². The van der Waals surface area contributed by atoms with Gasteiger partial charge < -0.3 is 5.11 Å². The Bertz CT molecular complexity index is 188. The monoisotopic (exact) mass is 200 g/mol. The minimum Gasteiger partial charge on any atom is -0.481 e. The summed E-state index contributed by atoms with van der Waals surface area (Å²) < 4.78 is 0. The first-order valence-electron chi connectivity index (χ1n) is 5.67. The van der Waals surface area contributed by atoms with Crippen molar-refractivity contribution in [3.8, 4) is 0 Å². The van der Waals surface area contributed by atoms with Gasteiger partial charge in [0.25, 0.3) is 0 Å². The Balaban J connectivity index is 5.25. The van der Waals surface area contributed by atoms with Gasteiger partial charge in [-0.3, -0.25) is 4.79 Å². The van der Waals surface area contributed by atoms with E-state index in [0.29, 0.717) is 0 Å². The van der Waals surface area contributed by atoms with Gasteiger partial charge in [0.05, 0.1) is 5.41 Å². The Morgan fingerprint density at radius 3 is 1.43 bits per heavy atom. The van der Waals surface area contributed by atoms with E-state index in [4.69, 9.17) is 0 Å². The average molecular weight is 200 g/mol. The maximum atomic E-state index is 11.4. The molecule has 0 rings (SSSR count). The highest BCUT2D eigenvalue weighted by Gasteiger charge is 2.49. The molecule has 1 N–H and O–H groups in total. The van der Waals surface area contributed by atoms with Crippen molar-refractivity contribution >= 4 is 5.97 Å². The van der Waals surface area contributed by atoms with Crippen molar-refractivity contribution in [2.45, 2.75) is 60.3 Å². The van der Waals surface area contributed by atoms with Gasteiger partial charge in [0.1, 0.15) is 0 Å². The highest BCUT2D eigenvalue weighted by atomic mass is 16.4. The van der Waals surface area contributed by atoms with Gasteiger partial charge in [0, 0.05) is 0 Å². The first-order valence-corrected chi connectivity index (χ1v) is 5.67. The quantitative estimate of drug-likeness (QED) is 0.709. The molecule has 0 saturated carbocycles. The summed E-state index contributed by atoms with van der Waals surface area (Å²) in [6, 6.07) is 0. The van der Waals surface area contributed by atoms with Gasteiger partial charge >= 0.3 is 5.97 Å². The van der Waals surface area contributed by atoms with Crippen LogP contribution in [0.5, 0.6) is 0 Å². The van der Waals surface area contributed by atoms with Crippen LogP contribution in [0, 0.1) is 10.8 Å². The molecule has 2 nitrogen and oxygen atoms in total. The molecule has 0 aromatic carbocycles. The van der Waals surface area contributed by atoms with Gasteiger partial charge in [0.15, 0.2) is 0 Å². The van der Waals surface area contributed by atoms with Crippen LogP contribution in [0.2, 0.25) is 0 Å². The largest absolute Gasteiger partial charge is 0.481 e. The number of carboxylic acids is 1. The summed E-state index contributed by atoms with van der Waals surface area (Å²) in [6.07, 6.45) is 3.29. The SMILES string of the molecule is CCC(C)(CC)C(CC)(CC)C(=O)O. The molecule has 0 aliphatic rings. The van der Waals surface area contributed by atoms with Crippen molar-refractivity contribution < 1.29 is 9.90 Å². The molecule has 0 aromatic heterocycles. The highest BCUT2D eigenvalue weighted by Crippen LogP contribution is 2.49. The summed E-state index contributed by atoms with van der Waals surface area (Å²) >= 11 is 0. The van der Waals surface area contributed by atoms with Crippen LogP contribution >= 0.6 is 0 Å². The van der Waals surface area contributed by atoms with Gasteiger partial charge in [-0.05, 0) is 31.1 Å². The fourth-order valence-electron chi connectivity index (χ4n) is 2.59. The van der Waals surface area contributed by atoms with E-state index < -0.39 is 11.4 Å². The van der Waals surface area contributed by atoms with Crippen LogP contribution in [0.1, 0.15) is 60.3 Å². The Morgan fingerprint density at radius 1 is 1.00 bits per heavy atom. The lowest BCUT2D eigenvalue weighted by molar-refractivity contribution is -0.159. The smallest absolute Gasteiger partial charge is 0.310 e. The standard InChI is InChI=1S/C12H24O2/c1-6-11(5,7-2)12(8-3,9-4)10(13)14/h6-9H2,1-5H3,(H,13,14). The third-order valence-corrected chi connectivity index (χ3v) is 4.33. The molecule has 0 atom stereocenters. The molecule has 0 aliphatic carbocycles. The summed E-state index contributed by atoms with van der Waals surface area (Å²) in [4.78, 5) is 11.4. The molecular formula is C12H24O2. The molecule has 14 heavy (non-hydrogen) atoms. The van der Waals surface area contributed by atoms with Crippen LogP contribution in [0.4, 0.5) is 0 Å². The van der Waals surface area contributed by atoms with Crippen LogP contribution in [0.25, 0.3) is 0 Å². The van der Waals surface area contributed by atoms with Crippen molar-refractivity contribution in [1.82, 2.24) is 0 Å². The molecule has 2 heteroatoms. The van der Waals surface area contributed by atoms with E-state index in [-0.39, 0.29) is 5.41 Å². The molecule has 0 saturated heterocycles. The van der Waals surface area contributed by atoms with E-state index in [2.05, 4.69) is 20.8 Å². The molecule has 0 bridgehead atoms. The summed E-state index contributed by atoms with van der Waals surface area (Å²) in [5.41, 5.74) is -0.626. The maximum Gasteiger partial charge on any atom is 0.310 e. The second kappa shape index (κ2) is 4.81. The van der Waals surface area contributed by atoms with Gasteiger partial charge in [-0.2, -0.15) is 0 Å². The summed E-state index contributed by atoms with van der Waals surface area (Å²) in [5, 5.41) is 9.42. The van der Waals surface area contributed by atoms with Gasteiger partial charge in [-0.25, -0.2) is 0 Å². The van der Waals surface area contributed by atoms with Gasteiger partial charge in [0.2, 0.25) is 0 Å². The first kappa shape index (κ1) is 13.5. The van der Waals surface area contributed by atoms with Crippen molar-refractivity contribution in [2.24, 2.45) is 10.8 Å². The lowest BCUT2D eigenvalue weighted by Crippen LogP contribution is -2.45. The summed E-state index contributed by atoms with van der Waals surface area (Å²) in [6.45, 7) is 10.3. The minimum atomic E-state index is -0.631. The van der Waals surface area contributed by atoms with Crippen LogP contribution < -0.4 is 0 Å². The zero-order chi connectivity index (χ0) is 11.4. The lowest BCUT2D eigenvalue weighted by atomic mass is 9.59. The van der Waals surface area contributed by atoms with Crippen molar-refractivity contribution in [1.29, 1.82) is 0 Å². The van der Waals surface area contributed by atoms with E-state index in [1.54, 1.807) is 0 Å². The summed E-state index contributed by atoms with van der Waals surface area (Å²) in [5.74, 6) is -0.631. The number of rotatable bonds is 6. The Morgan fingerprint density at radius 2 is 1.36 bits per heavy atom. The van der Waals surface area contributed by atoms with E-state index >= 15 is 0 Å². The third kappa shape index (κ3) is 1.79. The molecule has 0 amide bonds. The Hall–Kier alpha value is -0.530. The van der Waals surface area contributed by atoms with Crippen LogP contribution in [0.3, 0.4) is 0 Å². The average Bonchev–Trinajstić information content (AvgIpc) is 2.19. The minimum absolute atomic E-state index is 0.0810. The predicted molar refractivity (Wildman–Crippen MR) is 59.3 cm³/mol. The lowest BCUT2D eigenvalue weighted by Gasteiger charge is -2.44. The molecule has 0 heterocycles. The molecule has 0 fully saturated rings. The van der Waals surface area contributed by atoms with E-state index in [1.807, 2.05) is 13.8 Å². The number of aliphatic carboxylic acids is 1. The fraction of sp³-hybridized carbons (Fsp3) is 0.917. The number of hydrogen-bond donors (Lipinski definition) is 1. The van der Waals surface area contributed by atoms with Crippen LogP contribution in [0.15, 0.2) is 0 Å². The number of carboxylic acid groups (broad SMARTS) is 1. The maximum absolute atomic E-state index is 11.4. The Labute approximate surface area is 87.7 Å². The van der Waals surface area contributed by atoms with Crippen molar-refractivity contribution in [3.05, 3.63) is 0 Å².